The van der Waals surface area contributed by atoms with E-state index in [0.29, 0.717) is 6.04 Å². The quantitative estimate of drug-likeness (QED) is 0.760. The van der Waals surface area contributed by atoms with Crippen LogP contribution in [0.15, 0.2) is 0 Å². The van der Waals surface area contributed by atoms with Crippen LogP contribution in [0.3, 0.4) is 0 Å². The highest BCUT2D eigenvalue weighted by atomic mass is 16.5. The molecular formula is C15H29NO. The van der Waals surface area contributed by atoms with E-state index in [2.05, 4.69) is 12.2 Å². The molecule has 17 heavy (non-hydrogen) atoms. The third-order valence-corrected chi connectivity index (χ3v) is 4.59. The summed E-state index contributed by atoms with van der Waals surface area (Å²) in [4.78, 5) is 0. The molecule has 2 fully saturated rings. The van der Waals surface area contributed by atoms with Gasteiger partial charge in [-0.1, -0.05) is 25.7 Å². The number of nitrogens with one attached hydrogen (secondary N) is 1. The normalized spacial score (nSPS) is 29.8. The van der Waals surface area contributed by atoms with Gasteiger partial charge in [-0.25, -0.2) is 0 Å². The molecule has 1 saturated carbocycles. The summed E-state index contributed by atoms with van der Waals surface area (Å²) in [5, 5.41) is 3.77. The topological polar surface area (TPSA) is 21.3 Å². The monoisotopic (exact) mass is 239 g/mol. The average molecular weight is 239 g/mol. The van der Waals surface area contributed by atoms with Crippen molar-refractivity contribution in [2.24, 2.45) is 11.8 Å². The Morgan fingerprint density at radius 1 is 1.06 bits per heavy atom. The van der Waals surface area contributed by atoms with Gasteiger partial charge in [-0.15, -0.1) is 0 Å². The van der Waals surface area contributed by atoms with Gasteiger partial charge in [0.15, 0.2) is 0 Å². The predicted molar refractivity (Wildman–Crippen MR) is 72.2 cm³/mol. The van der Waals surface area contributed by atoms with Gasteiger partial charge in [0.2, 0.25) is 0 Å². The molecule has 2 aliphatic rings. The summed E-state index contributed by atoms with van der Waals surface area (Å²) >= 11 is 0. The van der Waals surface area contributed by atoms with Crippen LogP contribution in [-0.2, 0) is 4.74 Å². The molecule has 100 valence electrons. The predicted octanol–water partition coefficient (Wildman–Crippen LogP) is 3.36. The molecule has 2 atom stereocenters. The van der Waals surface area contributed by atoms with Gasteiger partial charge in [-0.05, 0) is 44.4 Å². The van der Waals surface area contributed by atoms with E-state index in [1.165, 1.54) is 51.4 Å². The number of hydrogen-bond donors (Lipinski definition) is 1. The zero-order valence-electron chi connectivity index (χ0n) is 11.4. The van der Waals surface area contributed by atoms with Crippen molar-refractivity contribution in [3.8, 4) is 0 Å². The Hall–Kier alpha value is -0.0800. The van der Waals surface area contributed by atoms with E-state index < -0.39 is 0 Å². The van der Waals surface area contributed by atoms with Crippen LogP contribution >= 0.6 is 0 Å². The summed E-state index contributed by atoms with van der Waals surface area (Å²) < 4.78 is 5.54. The molecule has 0 aromatic rings. The molecule has 2 rings (SSSR count). The van der Waals surface area contributed by atoms with Crippen molar-refractivity contribution >= 4 is 0 Å². The molecule has 0 spiro atoms. The van der Waals surface area contributed by atoms with Crippen LogP contribution in [0, 0.1) is 11.8 Å². The summed E-state index contributed by atoms with van der Waals surface area (Å²) in [5.74, 6) is 1.68. The molecule has 1 saturated heterocycles. The number of hydrogen-bond acceptors (Lipinski definition) is 2. The summed E-state index contributed by atoms with van der Waals surface area (Å²) in [5.41, 5.74) is 0. The number of ether oxygens (including phenoxy) is 1. The van der Waals surface area contributed by atoms with Gasteiger partial charge in [-0.2, -0.15) is 0 Å². The van der Waals surface area contributed by atoms with Crippen molar-refractivity contribution in [2.45, 2.75) is 64.3 Å². The van der Waals surface area contributed by atoms with E-state index in [4.69, 9.17) is 4.74 Å². The van der Waals surface area contributed by atoms with Crippen LogP contribution in [-0.4, -0.2) is 25.8 Å². The van der Waals surface area contributed by atoms with Gasteiger partial charge in [-0.3, -0.25) is 0 Å². The van der Waals surface area contributed by atoms with Gasteiger partial charge in [0.25, 0.3) is 0 Å². The summed E-state index contributed by atoms with van der Waals surface area (Å²) in [6, 6.07) is 0.704. The van der Waals surface area contributed by atoms with Crippen LogP contribution in [0.25, 0.3) is 0 Å². The van der Waals surface area contributed by atoms with E-state index in [-0.39, 0.29) is 0 Å². The van der Waals surface area contributed by atoms with Crippen LogP contribution in [0.5, 0.6) is 0 Å². The van der Waals surface area contributed by atoms with Gasteiger partial charge in [0.1, 0.15) is 0 Å². The zero-order chi connectivity index (χ0) is 11.9. The summed E-state index contributed by atoms with van der Waals surface area (Å²) in [6.07, 6.45) is 11.3. The van der Waals surface area contributed by atoms with Crippen molar-refractivity contribution in [1.82, 2.24) is 5.32 Å². The minimum atomic E-state index is 0.704. The Morgan fingerprint density at radius 2 is 1.82 bits per heavy atom. The minimum Gasteiger partial charge on any atom is -0.381 e. The average Bonchev–Trinajstić information content (AvgIpc) is 2.66. The van der Waals surface area contributed by atoms with E-state index >= 15 is 0 Å². The standard InChI is InChI=1S/C15H29NO/c1-13(15-8-4-2-3-5-9-15)16-11-14-7-6-10-17-12-14/h13-16H,2-12H2,1H3/t13-,14?/m1/s1. The smallest absolute Gasteiger partial charge is 0.0506 e. The summed E-state index contributed by atoms with van der Waals surface area (Å²) in [7, 11) is 0. The van der Waals surface area contributed by atoms with E-state index in [9.17, 15) is 0 Å². The first-order chi connectivity index (χ1) is 8.36. The Morgan fingerprint density at radius 3 is 2.47 bits per heavy atom. The second kappa shape index (κ2) is 7.38. The second-order valence-corrected chi connectivity index (χ2v) is 6.03. The van der Waals surface area contributed by atoms with E-state index in [0.717, 1.165) is 31.6 Å². The van der Waals surface area contributed by atoms with Crippen molar-refractivity contribution < 1.29 is 4.74 Å². The molecular weight excluding hydrogens is 210 g/mol. The highest BCUT2D eigenvalue weighted by Crippen LogP contribution is 2.25. The van der Waals surface area contributed by atoms with E-state index in [1.54, 1.807) is 0 Å². The molecule has 0 aromatic carbocycles. The fourth-order valence-electron chi connectivity index (χ4n) is 3.30. The van der Waals surface area contributed by atoms with Crippen LogP contribution in [0.2, 0.25) is 0 Å². The molecule has 2 nitrogen and oxygen atoms in total. The fraction of sp³-hybridized carbons (Fsp3) is 1.00. The molecule has 1 unspecified atom stereocenters. The highest BCUT2D eigenvalue weighted by molar-refractivity contribution is 4.76. The molecule has 1 heterocycles. The van der Waals surface area contributed by atoms with E-state index in [1.807, 2.05) is 0 Å². The third kappa shape index (κ3) is 4.59. The lowest BCUT2D eigenvalue weighted by Gasteiger charge is -2.28. The first-order valence-electron chi connectivity index (χ1n) is 7.67. The van der Waals surface area contributed by atoms with Gasteiger partial charge in [0.05, 0.1) is 6.61 Å². The first kappa shape index (κ1) is 13.4. The van der Waals surface area contributed by atoms with Crippen molar-refractivity contribution in [3.05, 3.63) is 0 Å². The Labute approximate surface area is 107 Å². The molecule has 0 aromatic heterocycles. The van der Waals surface area contributed by atoms with Crippen molar-refractivity contribution in [2.75, 3.05) is 19.8 Å². The molecule has 2 heteroatoms. The lowest BCUT2D eigenvalue weighted by molar-refractivity contribution is 0.0530. The van der Waals surface area contributed by atoms with Crippen molar-refractivity contribution in [3.63, 3.8) is 0 Å². The lowest BCUT2D eigenvalue weighted by Crippen LogP contribution is -2.38. The molecule has 0 amide bonds. The first-order valence-corrected chi connectivity index (χ1v) is 7.67. The second-order valence-electron chi connectivity index (χ2n) is 6.03. The van der Waals surface area contributed by atoms with Crippen molar-refractivity contribution in [1.29, 1.82) is 0 Å². The Balaban J connectivity index is 1.66. The molecule has 1 aliphatic heterocycles. The molecule has 1 aliphatic carbocycles. The molecule has 0 bridgehead atoms. The van der Waals surface area contributed by atoms with Crippen LogP contribution in [0.4, 0.5) is 0 Å². The van der Waals surface area contributed by atoms with Gasteiger partial charge >= 0.3 is 0 Å². The molecule has 0 radical (unpaired) electrons. The maximum absolute atomic E-state index is 5.54. The highest BCUT2D eigenvalue weighted by Gasteiger charge is 2.20. The number of rotatable bonds is 4. The maximum atomic E-state index is 5.54. The van der Waals surface area contributed by atoms with Crippen LogP contribution in [0.1, 0.15) is 58.3 Å². The maximum Gasteiger partial charge on any atom is 0.0506 e. The van der Waals surface area contributed by atoms with Crippen LogP contribution < -0.4 is 5.32 Å². The Bertz CT molecular complexity index is 193. The zero-order valence-corrected chi connectivity index (χ0v) is 11.4. The largest absolute Gasteiger partial charge is 0.381 e. The van der Waals surface area contributed by atoms with Gasteiger partial charge < -0.3 is 10.1 Å². The third-order valence-electron chi connectivity index (χ3n) is 4.59. The lowest BCUT2D eigenvalue weighted by atomic mass is 9.92. The fourth-order valence-corrected chi connectivity index (χ4v) is 3.30. The minimum absolute atomic E-state index is 0.704. The molecule has 1 N–H and O–H groups in total. The Kier molecular flexibility index (Phi) is 5.79. The summed E-state index contributed by atoms with van der Waals surface area (Å²) in [6.45, 7) is 5.51. The van der Waals surface area contributed by atoms with Gasteiger partial charge in [0, 0.05) is 19.2 Å². The SMILES string of the molecule is C[C@@H](NCC1CCCOC1)C1CCCCCC1.